The first kappa shape index (κ1) is 7.94. The zero-order chi connectivity index (χ0) is 7.11. The molecule has 0 spiro atoms. The van der Waals surface area contributed by atoms with Gasteiger partial charge in [0.15, 0.2) is 0 Å². The molecule has 0 unspecified atom stereocenters. The fourth-order valence-corrected chi connectivity index (χ4v) is 0.453. The topological polar surface area (TPSA) is 78.1 Å². The highest BCUT2D eigenvalue weighted by Crippen LogP contribution is 1.95. The summed E-state index contributed by atoms with van der Waals surface area (Å²) in [6.07, 6.45) is 0. The van der Waals surface area contributed by atoms with Crippen LogP contribution < -0.4 is 17.4 Å². The lowest BCUT2D eigenvalue weighted by Crippen LogP contribution is -2.02. The van der Waals surface area contributed by atoms with Crippen LogP contribution in [0.3, 0.4) is 0 Å². The Hall–Kier alpha value is -1.06. The lowest BCUT2D eigenvalue weighted by molar-refractivity contribution is 1.26. The van der Waals surface area contributed by atoms with Crippen LogP contribution in [-0.4, -0.2) is 0 Å². The number of rotatable bonds is 0. The highest BCUT2D eigenvalue weighted by Gasteiger charge is 1.72. The standard InChI is InChI=1S/C6H7N.H4N2/c7-6-4-2-1-3-5-6;1-2/h1-5H,7H2;1-2H2. The van der Waals surface area contributed by atoms with Gasteiger partial charge in [-0.3, -0.25) is 11.7 Å². The van der Waals surface area contributed by atoms with Crippen molar-refractivity contribution < 1.29 is 0 Å². The number of nitrogen functional groups attached to an aromatic ring is 1. The van der Waals surface area contributed by atoms with E-state index in [1.54, 1.807) is 0 Å². The normalized spacial score (nSPS) is 7.33. The predicted octanol–water partition coefficient (Wildman–Crippen LogP) is 0.0876. The molecule has 0 aliphatic carbocycles. The molecule has 0 atom stereocenters. The minimum atomic E-state index is 0.822. The molecule has 0 fully saturated rings. The molecule has 0 aliphatic heterocycles. The SMILES string of the molecule is NN.Nc1ccccc1. The molecule has 9 heavy (non-hydrogen) atoms. The number of hydrazine groups is 1. The number of anilines is 1. The van der Waals surface area contributed by atoms with E-state index in [1.807, 2.05) is 30.3 Å². The molecule has 0 saturated carbocycles. The Morgan fingerprint density at radius 1 is 0.889 bits per heavy atom. The van der Waals surface area contributed by atoms with Gasteiger partial charge in [-0.15, -0.1) is 0 Å². The van der Waals surface area contributed by atoms with Crippen LogP contribution in [0.15, 0.2) is 30.3 Å². The number of hydrogen-bond donors (Lipinski definition) is 3. The van der Waals surface area contributed by atoms with Gasteiger partial charge in [-0.25, -0.2) is 0 Å². The van der Waals surface area contributed by atoms with E-state index < -0.39 is 0 Å². The Bertz CT molecular complexity index is 138. The number of para-hydroxylation sites is 1. The molecular formula is C6H11N3. The van der Waals surface area contributed by atoms with Crippen LogP contribution in [0.1, 0.15) is 0 Å². The quantitative estimate of drug-likeness (QED) is 0.261. The number of nitrogens with two attached hydrogens (primary N) is 3. The van der Waals surface area contributed by atoms with Crippen LogP contribution >= 0.6 is 0 Å². The van der Waals surface area contributed by atoms with E-state index >= 15 is 0 Å². The fraction of sp³-hybridized carbons (Fsp3) is 0. The van der Waals surface area contributed by atoms with E-state index in [1.165, 1.54) is 0 Å². The molecule has 1 rings (SSSR count). The summed E-state index contributed by atoms with van der Waals surface area (Å²) < 4.78 is 0. The molecule has 0 bridgehead atoms. The summed E-state index contributed by atoms with van der Waals surface area (Å²) in [6.45, 7) is 0. The van der Waals surface area contributed by atoms with Crippen molar-refractivity contribution in [1.82, 2.24) is 0 Å². The summed E-state index contributed by atoms with van der Waals surface area (Å²) in [5.41, 5.74) is 6.18. The molecular weight excluding hydrogens is 114 g/mol. The molecule has 0 aliphatic rings. The molecule has 0 heterocycles. The average Bonchev–Trinajstić information content (AvgIpc) is 1.94. The van der Waals surface area contributed by atoms with Crippen molar-refractivity contribution in [2.75, 3.05) is 5.73 Å². The van der Waals surface area contributed by atoms with Crippen molar-refractivity contribution >= 4 is 5.69 Å². The molecule has 3 nitrogen and oxygen atoms in total. The smallest absolute Gasteiger partial charge is 0.0313 e. The van der Waals surface area contributed by atoms with Crippen LogP contribution in [0.2, 0.25) is 0 Å². The molecule has 0 amide bonds. The lowest BCUT2D eigenvalue weighted by Gasteiger charge is -1.83. The fourth-order valence-electron chi connectivity index (χ4n) is 0.453. The first-order valence-electron chi connectivity index (χ1n) is 2.53. The Kier molecular flexibility index (Phi) is 4.49. The van der Waals surface area contributed by atoms with Crippen LogP contribution in [0, 0.1) is 0 Å². The highest BCUT2D eigenvalue weighted by atomic mass is 15.0. The van der Waals surface area contributed by atoms with Crippen molar-refractivity contribution in [3.05, 3.63) is 30.3 Å². The first-order chi connectivity index (χ1) is 4.39. The van der Waals surface area contributed by atoms with E-state index in [9.17, 15) is 0 Å². The maximum absolute atomic E-state index is 5.36. The van der Waals surface area contributed by atoms with E-state index in [0.717, 1.165) is 5.69 Å². The van der Waals surface area contributed by atoms with Gasteiger partial charge in [0.2, 0.25) is 0 Å². The third-order valence-corrected chi connectivity index (χ3v) is 0.800. The summed E-state index contributed by atoms with van der Waals surface area (Å²) in [4.78, 5) is 0. The molecule has 1 aromatic rings. The minimum Gasteiger partial charge on any atom is -0.399 e. The van der Waals surface area contributed by atoms with E-state index in [-0.39, 0.29) is 0 Å². The zero-order valence-corrected chi connectivity index (χ0v) is 5.12. The van der Waals surface area contributed by atoms with Crippen LogP contribution in [0.4, 0.5) is 5.69 Å². The Morgan fingerprint density at radius 2 is 1.33 bits per heavy atom. The third-order valence-electron chi connectivity index (χ3n) is 0.800. The van der Waals surface area contributed by atoms with Gasteiger partial charge in [-0.1, -0.05) is 18.2 Å². The summed E-state index contributed by atoms with van der Waals surface area (Å²) in [5, 5.41) is 0. The summed E-state index contributed by atoms with van der Waals surface area (Å²) in [6, 6.07) is 9.49. The van der Waals surface area contributed by atoms with Gasteiger partial charge in [0.1, 0.15) is 0 Å². The Labute approximate surface area is 54.4 Å². The van der Waals surface area contributed by atoms with Crippen molar-refractivity contribution in [1.29, 1.82) is 0 Å². The summed E-state index contributed by atoms with van der Waals surface area (Å²) in [5.74, 6) is 8.00. The first-order valence-corrected chi connectivity index (χ1v) is 2.53. The van der Waals surface area contributed by atoms with Crippen LogP contribution in [0.5, 0.6) is 0 Å². The van der Waals surface area contributed by atoms with E-state index in [4.69, 9.17) is 5.73 Å². The van der Waals surface area contributed by atoms with Gasteiger partial charge in [0.05, 0.1) is 0 Å². The zero-order valence-electron chi connectivity index (χ0n) is 5.12. The Balaban J connectivity index is 0.000000291. The molecule has 0 radical (unpaired) electrons. The van der Waals surface area contributed by atoms with Gasteiger partial charge >= 0.3 is 0 Å². The molecule has 50 valence electrons. The van der Waals surface area contributed by atoms with Crippen LogP contribution in [0.25, 0.3) is 0 Å². The predicted molar refractivity (Wildman–Crippen MR) is 39.2 cm³/mol. The summed E-state index contributed by atoms with van der Waals surface area (Å²) >= 11 is 0. The molecule has 0 aromatic heterocycles. The van der Waals surface area contributed by atoms with Crippen molar-refractivity contribution in [2.24, 2.45) is 11.7 Å². The van der Waals surface area contributed by atoms with Gasteiger partial charge in [0.25, 0.3) is 0 Å². The van der Waals surface area contributed by atoms with E-state index in [0.29, 0.717) is 0 Å². The average molecular weight is 125 g/mol. The molecule has 3 heteroatoms. The number of benzene rings is 1. The van der Waals surface area contributed by atoms with Crippen molar-refractivity contribution in [3.8, 4) is 0 Å². The van der Waals surface area contributed by atoms with Gasteiger partial charge < -0.3 is 5.73 Å². The molecule has 6 N–H and O–H groups in total. The minimum absolute atomic E-state index is 0.822. The van der Waals surface area contributed by atoms with Crippen molar-refractivity contribution in [2.45, 2.75) is 0 Å². The largest absolute Gasteiger partial charge is 0.399 e. The monoisotopic (exact) mass is 125 g/mol. The van der Waals surface area contributed by atoms with Gasteiger partial charge in [-0.05, 0) is 12.1 Å². The van der Waals surface area contributed by atoms with Gasteiger partial charge in [-0.2, -0.15) is 0 Å². The van der Waals surface area contributed by atoms with E-state index in [2.05, 4.69) is 11.7 Å². The third kappa shape index (κ3) is 3.52. The maximum Gasteiger partial charge on any atom is 0.0313 e. The molecule has 1 aromatic carbocycles. The highest BCUT2D eigenvalue weighted by molar-refractivity contribution is 5.35. The Morgan fingerprint density at radius 3 is 1.56 bits per heavy atom. The second kappa shape index (κ2) is 5.08. The summed E-state index contributed by atoms with van der Waals surface area (Å²) in [7, 11) is 0. The van der Waals surface area contributed by atoms with Crippen LogP contribution in [-0.2, 0) is 0 Å². The lowest BCUT2D eigenvalue weighted by atomic mass is 10.3. The molecule has 0 saturated heterocycles. The van der Waals surface area contributed by atoms with Crippen molar-refractivity contribution in [3.63, 3.8) is 0 Å². The van der Waals surface area contributed by atoms with Gasteiger partial charge in [0, 0.05) is 5.69 Å². The maximum atomic E-state index is 5.36. The second-order valence-electron chi connectivity index (χ2n) is 1.41. The number of hydrogen-bond acceptors (Lipinski definition) is 3. The second-order valence-corrected chi connectivity index (χ2v) is 1.41.